The number of hydrogen-bond acceptors (Lipinski definition) is 3. The number of hydrogen-bond donors (Lipinski definition) is 0. The third-order valence-electron chi connectivity index (χ3n) is 4.08. The van der Waals surface area contributed by atoms with Crippen LogP contribution >= 0.6 is 0 Å². The van der Waals surface area contributed by atoms with E-state index in [-0.39, 0.29) is 5.41 Å². The summed E-state index contributed by atoms with van der Waals surface area (Å²) in [6, 6.07) is 15.9. The summed E-state index contributed by atoms with van der Waals surface area (Å²) in [6.07, 6.45) is 1.76. The molecule has 2 aromatic carbocycles. The topological polar surface area (TPSA) is 38.7 Å². The quantitative estimate of drug-likeness (QED) is 0.597. The van der Waals surface area contributed by atoms with Crippen molar-refractivity contribution in [1.29, 1.82) is 0 Å². The fourth-order valence-electron chi connectivity index (χ4n) is 2.57. The van der Waals surface area contributed by atoms with Gasteiger partial charge in [0.25, 0.3) is 0 Å². The van der Waals surface area contributed by atoms with Crippen molar-refractivity contribution in [2.75, 3.05) is 0 Å². The van der Waals surface area contributed by atoms with E-state index in [2.05, 4.69) is 37.9 Å². The van der Waals surface area contributed by atoms with Crippen LogP contribution in [0.2, 0.25) is 0 Å². The zero-order valence-electron chi connectivity index (χ0n) is 14.5. The molecule has 0 saturated heterocycles. The van der Waals surface area contributed by atoms with Gasteiger partial charge >= 0.3 is 5.97 Å². The summed E-state index contributed by atoms with van der Waals surface area (Å²) >= 11 is 0. The van der Waals surface area contributed by atoms with Crippen molar-refractivity contribution < 1.29 is 9.53 Å². The molecule has 3 nitrogen and oxygen atoms in total. The number of esters is 1. The highest BCUT2D eigenvalue weighted by molar-refractivity contribution is 6.13. The number of benzene rings is 2. The molecular formula is C21H21NO2. The summed E-state index contributed by atoms with van der Waals surface area (Å²) in [7, 11) is 0. The van der Waals surface area contributed by atoms with Gasteiger partial charge in [-0.2, -0.15) is 0 Å². The highest BCUT2D eigenvalue weighted by Gasteiger charge is 2.25. The molecule has 3 heteroatoms. The van der Waals surface area contributed by atoms with Gasteiger partial charge < -0.3 is 4.74 Å². The van der Waals surface area contributed by atoms with Crippen LogP contribution in [0.1, 0.15) is 43.0 Å². The predicted molar refractivity (Wildman–Crippen MR) is 96.9 cm³/mol. The van der Waals surface area contributed by atoms with E-state index in [4.69, 9.17) is 4.74 Å². The van der Waals surface area contributed by atoms with Crippen molar-refractivity contribution in [3.8, 4) is 0 Å². The van der Waals surface area contributed by atoms with E-state index in [1.165, 1.54) is 5.56 Å². The van der Waals surface area contributed by atoms with Crippen LogP contribution in [0.4, 0.5) is 0 Å². The number of carbonyl (C=O) groups excluding carboxylic acids is 1. The van der Waals surface area contributed by atoms with Gasteiger partial charge in [-0.3, -0.25) is 0 Å². The van der Waals surface area contributed by atoms with Gasteiger partial charge in [0.15, 0.2) is 5.70 Å². The fraction of sp³-hybridized carbons (Fsp3) is 0.238. The average molecular weight is 319 g/mol. The molecule has 3 rings (SSSR count). The van der Waals surface area contributed by atoms with Crippen LogP contribution in [0.5, 0.6) is 0 Å². The largest absolute Gasteiger partial charge is 0.402 e. The fourth-order valence-corrected chi connectivity index (χ4v) is 2.57. The molecule has 1 heterocycles. The molecule has 0 unspecified atom stereocenters. The molecule has 122 valence electrons. The molecule has 0 atom stereocenters. The number of ether oxygens (including phenoxy) is 1. The zero-order valence-corrected chi connectivity index (χ0v) is 14.5. The predicted octanol–water partition coefficient (Wildman–Crippen LogP) is 4.64. The van der Waals surface area contributed by atoms with E-state index in [1.807, 2.05) is 43.3 Å². The number of rotatable bonds is 2. The second-order valence-electron chi connectivity index (χ2n) is 7.02. The van der Waals surface area contributed by atoms with Gasteiger partial charge in [-0.15, -0.1) is 0 Å². The first-order chi connectivity index (χ1) is 11.3. The smallest absolute Gasteiger partial charge is 0.363 e. The van der Waals surface area contributed by atoms with Crippen LogP contribution in [0.25, 0.3) is 6.08 Å². The molecule has 2 aromatic rings. The first-order valence-corrected chi connectivity index (χ1v) is 8.04. The lowest BCUT2D eigenvalue weighted by atomic mass is 9.87. The van der Waals surface area contributed by atoms with E-state index in [0.717, 1.165) is 16.7 Å². The summed E-state index contributed by atoms with van der Waals surface area (Å²) in [5, 5.41) is 0. The lowest BCUT2D eigenvalue weighted by Crippen LogP contribution is -2.10. The summed E-state index contributed by atoms with van der Waals surface area (Å²) in [6.45, 7) is 8.49. The molecule has 0 amide bonds. The minimum atomic E-state index is -0.409. The molecule has 0 aromatic heterocycles. The maximum atomic E-state index is 12.1. The Morgan fingerprint density at radius 3 is 2.29 bits per heavy atom. The summed E-state index contributed by atoms with van der Waals surface area (Å²) in [4.78, 5) is 16.5. The van der Waals surface area contributed by atoms with Gasteiger partial charge in [0.05, 0.1) is 0 Å². The SMILES string of the molecule is Cc1ccccc1C1=N/C(=C\c2ccc(C(C)(C)C)cc2)C(=O)O1. The van der Waals surface area contributed by atoms with Crippen LogP contribution < -0.4 is 0 Å². The Kier molecular flexibility index (Phi) is 4.10. The van der Waals surface area contributed by atoms with E-state index in [0.29, 0.717) is 11.6 Å². The number of cyclic esters (lactones) is 1. The van der Waals surface area contributed by atoms with Crippen LogP contribution in [-0.4, -0.2) is 11.9 Å². The van der Waals surface area contributed by atoms with Crippen molar-refractivity contribution in [1.82, 2.24) is 0 Å². The average Bonchev–Trinajstić information content (AvgIpc) is 2.88. The molecule has 0 N–H and O–H groups in total. The summed E-state index contributed by atoms with van der Waals surface area (Å²) in [5.41, 5.74) is 4.50. The molecule has 0 spiro atoms. The Bertz CT molecular complexity index is 837. The van der Waals surface area contributed by atoms with E-state index in [9.17, 15) is 4.79 Å². The molecule has 1 aliphatic rings. The van der Waals surface area contributed by atoms with Crippen molar-refractivity contribution >= 4 is 17.9 Å². The maximum absolute atomic E-state index is 12.1. The number of carbonyl (C=O) groups is 1. The Balaban J connectivity index is 1.90. The second kappa shape index (κ2) is 6.08. The first-order valence-electron chi connectivity index (χ1n) is 8.04. The van der Waals surface area contributed by atoms with Crippen molar-refractivity contribution in [2.45, 2.75) is 33.1 Å². The molecule has 0 bridgehead atoms. The zero-order chi connectivity index (χ0) is 17.3. The maximum Gasteiger partial charge on any atom is 0.363 e. The molecule has 0 aliphatic carbocycles. The normalized spacial score (nSPS) is 16.2. The molecule has 1 aliphatic heterocycles. The van der Waals surface area contributed by atoms with E-state index < -0.39 is 5.97 Å². The lowest BCUT2D eigenvalue weighted by Gasteiger charge is -2.18. The van der Waals surface area contributed by atoms with Gasteiger partial charge in [-0.05, 0) is 41.2 Å². The van der Waals surface area contributed by atoms with Crippen molar-refractivity contribution in [3.05, 3.63) is 76.5 Å². The van der Waals surface area contributed by atoms with Gasteiger partial charge in [-0.25, -0.2) is 9.79 Å². The molecule has 0 saturated carbocycles. The molecule has 0 fully saturated rings. The van der Waals surface area contributed by atoms with E-state index >= 15 is 0 Å². The Labute approximate surface area is 142 Å². The van der Waals surface area contributed by atoms with Crippen LogP contribution in [0.3, 0.4) is 0 Å². The van der Waals surface area contributed by atoms with Gasteiger partial charge in [0.1, 0.15) is 0 Å². The lowest BCUT2D eigenvalue weighted by molar-refractivity contribution is -0.129. The van der Waals surface area contributed by atoms with Crippen molar-refractivity contribution in [3.63, 3.8) is 0 Å². The first kappa shape index (κ1) is 16.2. The second-order valence-corrected chi connectivity index (χ2v) is 7.02. The third kappa shape index (κ3) is 3.30. The Morgan fingerprint density at radius 2 is 1.67 bits per heavy atom. The number of aliphatic imine (C=N–C) groups is 1. The van der Waals surface area contributed by atoms with E-state index in [1.54, 1.807) is 6.08 Å². The molecule has 24 heavy (non-hydrogen) atoms. The van der Waals surface area contributed by atoms with Crippen LogP contribution in [0, 0.1) is 6.92 Å². The van der Waals surface area contributed by atoms with Crippen LogP contribution in [-0.2, 0) is 14.9 Å². The third-order valence-corrected chi connectivity index (χ3v) is 4.08. The molecular weight excluding hydrogens is 298 g/mol. The number of aryl methyl sites for hydroxylation is 1. The van der Waals surface area contributed by atoms with Crippen molar-refractivity contribution in [2.24, 2.45) is 4.99 Å². The standard InChI is InChI=1S/C21H21NO2/c1-14-7-5-6-8-17(14)19-22-18(20(23)24-19)13-15-9-11-16(12-10-15)21(2,3)4/h5-13H,1-4H3/b18-13-. The van der Waals surface area contributed by atoms with Crippen LogP contribution in [0.15, 0.2) is 59.2 Å². The highest BCUT2D eigenvalue weighted by Crippen LogP contribution is 2.24. The van der Waals surface area contributed by atoms with Gasteiger partial charge in [0, 0.05) is 5.56 Å². The monoisotopic (exact) mass is 319 g/mol. The van der Waals surface area contributed by atoms with Gasteiger partial charge in [-0.1, -0.05) is 63.2 Å². The Morgan fingerprint density at radius 1 is 1.00 bits per heavy atom. The minimum Gasteiger partial charge on any atom is -0.402 e. The Hall–Kier alpha value is -2.68. The van der Waals surface area contributed by atoms with Gasteiger partial charge in [0.2, 0.25) is 5.90 Å². The minimum absolute atomic E-state index is 0.105. The molecule has 0 radical (unpaired) electrons. The summed E-state index contributed by atoms with van der Waals surface area (Å²) in [5.74, 6) is -0.0381. The highest BCUT2D eigenvalue weighted by atomic mass is 16.6. The summed E-state index contributed by atoms with van der Waals surface area (Å²) < 4.78 is 5.33. The number of nitrogens with zero attached hydrogens (tertiary/aromatic N) is 1.